The summed E-state index contributed by atoms with van der Waals surface area (Å²) in [5.41, 5.74) is 8.70. The summed E-state index contributed by atoms with van der Waals surface area (Å²) in [6, 6.07) is 3.98. The number of benzene rings is 1. The number of carbonyl (C=O) groups excluding carboxylic acids is 2. The molecule has 0 bridgehead atoms. The topological polar surface area (TPSA) is 128 Å². The number of nitrogens with two attached hydrogens (primary N) is 1. The molecule has 0 unspecified atom stereocenters. The summed E-state index contributed by atoms with van der Waals surface area (Å²) in [5, 5.41) is 12.7. The van der Waals surface area contributed by atoms with E-state index >= 15 is 0 Å². The molecular formula is C19H21N3O5S. The molecule has 0 aliphatic rings. The van der Waals surface area contributed by atoms with Crippen LogP contribution in [-0.2, 0) is 11.4 Å². The number of amides is 2. The summed E-state index contributed by atoms with van der Waals surface area (Å²) in [7, 11) is 0. The number of carbonyl (C=O) groups is 2. The SMILES string of the molecule is Cc1ncsc1COc1ccc2oc(C)c(C(=O)N[C@H](C(N)=O)[C@@H](C)O)c2c1. The van der Waals surface area contributed by atoms with Crippen molar-refractivity contribution in [3.8, 4) is 5.75 Å². The van der Waals surface area contributed by atoms with Crippen molar-refractivity contribution in [1.29, 1.82) is 0 Å². The number of aliphatic hydroxyl groups excluding tert-OH is 1. The Kier molecular flexibility index (Phi) is 5.66. The molecule has 0 aliphatic heterocycles. The van der Waals surface area contributed by atoms with Crippen LogP contribution in [0, 0.1) is 13.8 Å². The molecule has 1 aromatic carbocycles. The Morgan fingerprint density at radius 3 is 2.75 bits per heavy atom. The Balaban J connectivity index is 1.87. The fraction of sp³-hybridized carbons (Fsp3) is 0.316. The quantitative estimate of drug-likeness (QED) is 0.554. The number of hydrogen-bond acceptors (Lipinski definition) is 7. The maximum Gasteiger partial charge on any atom is 0.256 e. The third-order valence-corrected chi connectivity index (χ3v) is 5.26. The number of nitrogens with one attached hydrogen (secondary N) is 1. The van der Waals surface area contributed by atoms with Gasteiger partial charge in [0, 0.05) is 5.39 Å². The van der Waals surface area contributed by atoms with Crippen molar-refractivity contribution in [2.24, 2.45) is 5.73 Å². The van der Waals surface area contributed by atoms with Crippen molar-refractivity contribution in [3.63, 3.8) is 0 Å². The van der Waals surface area contributed by atoms with Gasteiger partial charge in [0.05, 0.1) is 27.7 Å². The standard InChI is InChI=1S/C19H21N3O5S/c1-9-15(28-8-21-9)7-26-12-4-5-14-13(6-12)16(11(3)27-14)19(25)22-17(10(2)23)18(20)24/h4-6,8,10,17,23H,7H2,1-3H3,(H2,20,24)(H,22,25)/t10-,17+/m1/s1. The number of aliphatic hydroxyl groups is 1. The van der Waals surface area contributed by atoms with Crippen LogP contribution in [0.25, 0.3) is 11.0 Å². The molecule has 2 amide bonds. The Morgan fingerprint density at radius 2 is 2.14 bits per heavy atom. The molecule has 4 N–H and O–H groups in total. The predicted molar refractivity (Wildman–Crippen MR) is 104 cm³/mol. The van der Waals surface area contributed by atoms with Gasteiger partial charge in [0.2, 0.25) is 5.91 Å². The van der Waals surface area contributed by atoms with Crippen LogP contribution in [0.2, 0.25) is 0 Å². The number of primary amides is 1. The van der Waals surface area contributed by atoms with Gasteiger partial charge in [-0.1, -0.05) is 0 Å². The average molecular weight is 403 g/mol. The largest absolute Gasteiger partial charge is 0.488 e. The lowest BCUT2D eigenvalue weighted by atomic mass is 10.1. The first kappa shape index (κ1) is 19.8. The van der Waals surface area contributed by atoms with Crippen molar-refractivity contribution in [1.82, 2.24) is 10.3 Å². The van der Waals surface area contributed by atoms with Gasteiger partial charge in [0.15, 0.2) is 0 Å². The molecule has 2 atom stereocenters. The van der Waals surface area contributed by atoms with Gasteiger partial charge >= 0.3 is 0 Å². The van der Waals surface area contributed by atoms with Crippen LogP contribution in [0.4, 0.5) is 0 Å². The number of ether oxygens (including phenoxy) is 1. The Labute approximate surface area is 165 Å². The molecular weight excluding hydrogens is 382 g/mol. The number of rotatable bonds is 7. The van der Waals surface area contributed by atoms with Crippen molar-refractivity contribution in [2.45, 2.75) is 39.5 Å². The third-order valence-electron chi connectivity index (χ3n) is 4.35. The van der Waals surface area contributed by atoms with E-state index in [1.54, 1.807) is 30.6 Å². The molecule has 3 rings (SSSR count). The first-order valence-electron chi connectivity index (χ1n) is 8.61. The lowest BCUT2D eigenvalue weighted by Crippen LogP contribution is -2.50. The van der Waals surface area contributed by atoms with Crippen molar-refractivity contribution in [3.05, 3.63) is 45.6 Å². The summed E-state index contributed by atoms with van der Waals surface area (Å²) in [4.78, 5) is 29.4. The van der Waals surface area contributed by atoms with Crippen LogP contribution in [0.5, 0.6) is 5.75 Å². The van der Waals surface area contributed by atoms with Gasteiger partial charge in [-0.3, -0.25) is 9.59 Å². The van der Waals surface area contributed by atoms with Crippen molar-refractivity contribution in [2.75, 3.05) is 0 Å². The minimum absolute atomic E-state index is 0.265. The summed E-state index contributed by atoms with van der Waals surface area (Å²) in [6.45, 7) is 5.31. The molecule has 0 aliphatic carbocycles. The highest BCUT2D eigenvalue weighted by molar-refractivity contribution is 7.09. The van der Waals surface area contributed by atoms with Gasteiger partial charge in [-0.25, -0.2) is 4.98 Å². The molecule has 2 aromatic heterocycles. The second-order valence-corrected chi connectivity index (χ2v) is 7.37. The average Bonchev–Trinajstić information content (AvgIpc) is 3.18. The van der Waals surface area contributed by atoms with Crippen LogP contribution in [0.3, 0.4) is 0 Å². The molecule has 28 heavy (non-hydrogen) atoms. The van der Waals surface area contributed by atoms with Crippen LogP contribution >= 0.6 is 11.3 Å². The summed E-state index contributed by atoms with van der Waals surface area (Å²) in [5.74, 6) is -0.428. The van der Waals surface area contributed by atoms with Crippen LogP contribution in [0.1, 0.15) is 33.6 Å². The Hall–Kier alpha value is -2.91. The second kappa shape index (κ2) is 7.99. The molecule has 9 heteroatoms. The van der Waals surface area contributed by atoms with E-state index in [0.717, 1.165) is 10.6 Å². The van der Waals surface area contributed by atoms with E-state index < -0.39 is 24.0 Å². The maximum atomic E-state index is 12.7. The minimum atomic E-state index is -1.20. The number of thiazole rings is 1. The van der Waals surface area contributed by atoms with E-state index in [0.29, 0.717) is 29.1 Å². The lowest BCUT2D eigenvalue weighted by Gasteiger charge is -2.17. The van der Waals surface area contributed by atoms with Crippen LogP contribution in [0.15, 0.2) is 28.1 Å². The zero-order valence-corrected chi connectivity index (χ0v) is 16.5. The number of aryl methyl sites for hydroxylation is 2. The molecule has 0 radical (unpaired) electrons. The molecule has 0 spiro atoms. The third kappa shape index (κ3) is 4.00. The molecule has 8 nitrogen and oxygen atoms in total. The fourth-order valence-corrected chi connectivity index (χ4v) is 3.52. The van der Waals surface area contributed by atoms with E-state index in [2.05, 4.69) is 10.3 Å². The van der Waals surface area contributed by atoms with Gasteiger partial charge in [0.25, 0.3) is 5.91 Å². The number of fused-ring (bicyclic) bond motifs is 1. The van der Waals surface area contributed by atoms with E-state index in [1.165, 1.54) is 18.3 Å². The van der Waals surface area contributed by atoms with Gasteiger partial charge in [-0.2, -0.15) is 0 Å². The summed E-state index contributed by atoms with van der Waals surface area (Å²) in [6.07, 6.45) is -1.12. The number of furan rings is 1. The summed E-state index contributed by atoms with van der Waals surface area (Å²) >= 11 is 1.51. The monoisotopic (exact) mass is 403 g/mol. The van der Waals surface area contributed by atoms with E-state index in [4.69, 9.17) is 14.9 Å². The molecule has 148 valence electrons. The normalized spacial score (nSPS) is 13.3. The highest BCUT2D eigenvalue weighted by Gasteiger charge is 2.27. The zero-order chi connectivity index (χ0) is 20.4. The molecule has 3 aromatic rings. The molecule has 2 heterocycles. The van der Waals surface area contributed by atoms with E-state index in [1.807, 2.05) is 6.92 Å². The zero-order valence-electron chi connectivity index (χ0n) is 15.7. The Bertz CT molecular complexity index is 1020. The predicted octanol–water partition coefficient (Wildman–Crippen LogP) is 2.05. The lowest BCUT2D eigenvalue weighted by molar-refractivity contribution is -0.122. The minimum Gasteiger partial charge on any atom is -0.488 e. The molecule has 0 saturated carbocycles. The van der Waals surface area contributed by atoms with E-state index in [-0.39, 0.29) is 5.56 Å². The van der Waals surface area contributed by atoms with Crippen molar-refractivity contribution >= 4 is 34.1 Å². The van der Waals surface area contributed by atoms with Crippen LogP contribution in [-0.4, -0.2) is 34.1 Å². The summed E-state index contributed by atoms with van der Waals surface area (Å²) < 4.78 is 11.5. The highest BCUT2D eigenvalue weighted by atomic mass is 32.1. The number of aromatic nitrogens is 1. The Morgan fingerprint density at radius 1 is 1.39 bits per heavy atom. The maximum absolute atomic E-state index is 12.7. The fourth-order valence-electron chi connectivity index (χ4n) is 2.83. The first-order chi connectivity index (χ1) is 13.3. The molecule has 0 fully saturated rings. The molecule has 0 saturated heterocycles. The van der Waals surface area contributed by atoms with Crippen molar-refractivity contribution < 1.29 is 23.8 Å². The smallest absolute Gasteiger partial charge is 0.256 e. The van der Waals surface area contributed by atoms with E-state index in [9.17, 15) is 14.7 Å². The van der Waals surface area contributed by atoms with Gasteiger partial charge in [-0.05, 0) is 39.0 Å². The van der Waals surface area contributed by atoms with Gasteiger partial charge < -0.3 is 25.3 Å². The van der Waals surface area contributed by atoms with Gasteiger partial charge in [0.1, 0.15) is 29.7 Å². The van der Waals surface area contributed by atoms with Crippen LogP contribution < -0.4 is 15.8 Å². The number of hydrogen-bond donors (Lipinski definition) is 3. The van der Waals surface area contributed by atoms with Gasteiger partial charge in [-0.15, -0.1) is 11.3 Å². The first-order valence-corrected chi connectivity index (χ1v) is 9.49. The number of nitrogens with zero attached hydrogens (tertiary/aromatic N) is 1. The highest BCUT2D eigenvalue weighted by Crippen LogP contribution is 2.30. The second-order valence-electron chi connectivity index (χ2n) is 6.43.